The van der Waals surface area contributed by atoms with Gasteiger partial charge in [0.2, 0.25) is 0 Å². The summed E-state index contributed by atoms with van der Waals surface area (Å²) in [5.74, 6) is -0.400. The predicted molar refractivity (Wildman–Crippen MR) is 76.6 cm³/mol. The van der Waals surface area contributed by atoms with Crippen LogP contribution < -0.4 is 0 Å². The molecule has 0 aromatic heterocycles. The van der Waals surface area contributed by atoms with Gasteiger partial charge in [0.15, 0.2) is 9.84 Å². The molecule has 1 atom stereocenters. The third-order valence-corrected chi connectivity index (χ3v) is 5.95. The van der Waals surface area contributed by atoms with Crippen LogP contribution in [0.15, 0.2) is 18.2 Å². The SMILES string of the molecule is Cc1ccc(O)c(C(=O)N2CC[C@H](C)S(=O)(=O)CC2)c1. The van der Waals surface area contributed by atoms with Crippen LogP contribution >= 0.6 is 0 Å². The van der Waals surface area contributed by atoms with Gasteiger partial charge in [-0.2, -0.15) is 0 Å². The second-order valence-corrected chi connectivity index (χ2v) is 7.82. The molecular formula is C14H19NO4S. The fraction of sp³-hybridized carbons (Fsp3) is 0.500. The number of sulfone groups is 1. The second kappa shape index (κ2) is 5.44. The van der Waals surface area contributed by atoms with Gasteiger partial charge in [-0.25, -0.2) is 8.42 Å². The maximum absolute atomic E-state index is 12.4. The molecule has 1 aromatic carbocycles. The van der Waals surface area contributed by atoms with Crippen molar-refractivity contribution in [1.82, 2.24) is 4.90 Å². The predicted octanol–water partition coefficient (Wildman–Crippen LogP) is 1.35. The fourth-order valence-electron chi connectivity index (χ4n) is 2.26. The van der Waals surface area contributed by atoms with E-state index < -0.39 is 15.1 Å². The van der Waals surface area contributed by atoms with Crippen LogP contribution in [-0.4, -0.2) is 48.4 Å². The van der Waals surface area contributed by atoms with Gasteiger partial charge in [-0.3, -0.25) is 4.79 Å². The van der Waals surface area contributed by atoms with Crippen LogP contribution in [0.25, 0.3) is 0 Å². The Kier molecular flexibility index (Phi) is 4.04. The van der Waals surface area contributed by atoms with Crippen LogP contribution in [0.5, 0.6) is 5.75 Å². The van der Waals surface area contributed by atoms with E-state index in [-0.39, 0.29) is 29.5 Å². The van der Waals surface area contributed by atoms with E-state index in [2.05, 4.69) is 0 Å². The summed E-state index contributed by atoms with van der Waals surface area (Å²) < 4.78 is 23.7. The third-order valence-electron chi connectivity index (χ3n) is 3.73. The molecule has 0 spiro atoms. The Labute approximate surface area is 119 Å². The van der Waals surface area contributed by atoms with Crippen LogP contribution in [-0.2, 0) is 9.84 Å². The van der Waals surface area contributed by atoms with E-state index in [1.54, 1.807) is 19.1 Å². The van der Waals surface area contributed by atoms with Crippen LogP contribution in [0, 0.1) is 6.92 Å². The van der Waals surface area contributed by atoms with Crippen molar-refractivity contribution in [3.63, 3.8) is 0 Å². The molecule has 0 radical (unpaired) electrons. The summed E-state index contributed by atoms with van der Waals surface area (Å²) >= 11 is 0. The number of phenolic OH excluding ortho intramolecular Hbond substituents is 1. The number of rotatable bonds is 1. The minimum atomic E-state index is -3.12. The standard InChI is InChI=1S/C14H19NO4S/c1-10-3-4-13(16)12(9-10)14(17)15-6-5-11(2)20(18,19)8-7-15/h3-4,9,11,16H,5-8H2,1-2H3/t11-/m0/s1. The van der Waals surface area contributed by atoms with Crippen molar-refractivity contribution in [1.29, 1.82) is 0 Å². The molecule has 20 heavy (non-hydrogen) atoms. The summed E-state index contributed by atoms with van der Waals surface area (Å²) in [6, 6.07) is 4.83. The van der Waals surface area contributed by atoms with Gasteiger partial charge < -0.3 is 10.0 Å². The summed E-state index contributed by atoms with van der Waals surface area (Å²) in [5, 5.41) is 9.37. The Morgan fingerprint density at radius 1 is 1.35 bits per heavy atom. The zero-order valence-electron chi connectivity index (χ0n) is 11.7. The molecule has 6 heteroatoms. The number of nitrogens with zero attached hydrogens (tertiary/aromatic N) is 1. The van der Waals surface area contributed by atoms with Crippen molar-refractivity contribution < 1.29 is 18.3 Å². The van der Waals surface area contributed by atoms with Crippen molar-refractivity contribution in [2.24, 2.45) is 0 Å². The highest BCUT2D eigenvalue weighted by Crippen LogP contribution is 2.22. The van der Waals surface area contributed by atoms with E-state index in [0.29, 0.717) is 13.0 Å². The normalized spacial score (nSPS) is 22.3. The van der Waals surface area contributed by atoms with Gasteiger partial charge >= 0.3 is 0 Å². The Morgan fingerprint density at radius 3 is 2.75 bits per heavy atom. The zero-order chi connectivity index (χ0) is 14.9. The van der Waals surface area contributed by atoms with Crippen molar-refractivity contribution in [3.8, 4) is 5.75 Å². The quantitative estimate of drug-likeness (QED) is 0.849. The summed E-state index contributed by atoms with van der Waals surface area (Å²) in [5.41, 5.74) is 1.11. The van der Waals surface area contributed by atoms with Crippen LogP contribution in [0.3, 0.4) is 0 Å². The molecule has 1 aliphatic heterocycles. The van der Waals surface area contributed by atoms with Crippen LogP contribution in [0.1, 0.15) is 29.3 Å². The molecular weight excluding hydrogens is 278 g/mol. The van der Waals surface area contributed by atoms with E-state index in [9.17, 15) is 18.3 Å². The molecule has 0 saturated carbocycles. The highest BCUT2D eigenvalue weighted by Gasteiger charge is 2.29. The molecule has 5 nitrogen and oxygen atoms in total. The Balaban J connectivity index is 2.24. The summed E-state index contributed by atoms with van der Waals surface area (Å²) in [4.78, 5) is 13.9. The minimum absolute atomic E-state index is 0.0213. The van der Waals surface area contributed by atoms with Crippen molar-refractivity contribution >= 4 is 15.7 Å². The molecule has 0 unspecified atom stereocenters. The van der Waals surface area contributed by atoms with Gasteiger partial charge in [-0.15, -0.1) is 0 Å². The Bertz CT molecular complexity index is 624. The van der Waals surface area contributed by atoms with Crippen LogP contribution in [0.2, 0.25) is 0 Å². The number of aryl methyl sites for hydroxylation is 1. The first-order valence-corrected chi connectivity index (χ1v) is 8.33. The van der Waals surface area contributed by atoms with Crippen molar-refractivity contribution in [2.45, 2.75) is 25.5 Å². The molecule has 1 aromatic rings. The first-order chi connectivity index (χ1) is 9.31. The molecule has 1 saturated heterocycles. The molecule has 0 aliphatic carbocycles. The summed E-state index contributed by atoms with van der Waals surface area (Å²) in [6.07, 6.45) is 0.431. The largest absolute Gasteiger partial charge is 0.507 e. The van der Waals surface area contributed by atoms with Crippen molar-refractivity contribution in [2.75, 3.05) is 18.8 Å². The first kappa shape index (κ1) is 14.8. The minimum Gasteiger partial charge on any atom is -0.507 e. The first-order valence-electron chi connectivity index (χ1n) is 6.62. The number of amides is 1. The number of hydrogen-bond acceptors (Lipinski definition) is 4. The lowest BCUT2D eigenvalue weighted by Gasteiger charge is -2.20. The van der Waals surface area contributed by atoms with E-state index in [1.807, 2.05) is 6.92 Å². The Hall–Kier alpha value is -1.56. The maximum Gasteiger partial charge on any atom is 0.257 e. The van der Waals surface area contributed by atoms with Gasteiger partial charge in [0, 0.05) is 13.1 Å². The number of carbonyl (C=O) groups is 1. The molecule has 110 valence electrons. The second-order valence-electron chi connectivity index (χ2n) is 5.28. The average Bonchev–Trinajstić information content (AvgIpc) is 2.52. The molecule has 2 rings (SSSR count). The van der Waals surface area contributed by atoms with Crippen molar-refractivity contribution in [3.05, 3.63) is 29.3 Å². The smallest absolute Gasteiger partial charge is 0.257 e. The molecule has 0 bridgehead atoms. The number of carbonyl (C=O) groups excluding carboxylic acids is 1. The van der Waals surface area contributed by atoms with Gasteiger partial charge in [-0.1, -0.05) is 11.6 Å². The van der Waals surface area contributed by atoms with Crippen LogP contribution in [0.4, 0.5) is 0 Å². The van der Waals surface area contributed by atoms with E-state index in [1.165, 1.54) is 11.0 Å². The third kappa shape index (κ3) is 2.95. The zero-order valence-corrected chi connectivity index (χ0v) is 12.5. The molecule has 1 N–H and O–H groups in total. The lowest BCUT2D eigenvalue weighted by molar-refractivity contribution is 0.0764. The van der Waals surface area contributed by atoms with Gasteiger partial charge in [0.1, 0.15) is 5.75 Å². The van der Waals surface area contributed by atoms with Gasteiger partial charge in [-0.05, 0) is 32.4 Å². The Morgan fingerprint density at radius 2 is 2.05 bits per heavy atom. The summed E-state index contributed by atoms with van der Waals surface area (Å²) in [6.45, 7) is 4.09. The molecule has 1 amide bonds. The maximum atomic E-state index is 12.4. The van der Waals surface area contributed by atoms with E-state index in [4.69, 9.17) is 0 Å². The lowest BCUT2D eigenvalue weighted by Crippen LogP contribution is -2.33. The number of hydrogen-bond donors (Lipinski definition) is 1. The molecule has 1 heterocycles. The van der Waals surface area contributed by atoms with E-state index in [0.717, 1.165) is 5.56 Å². The number of aromatic hydroxyl groups is 1. The number of benzene rings is 1. The van der Waals surface area contributed by atoms with Gasteiger partial charge in [0.05, 0.1) is 16.6 Å². The monoisotopic (exact) mass is 297 g/mol. The molecule has 1 fully saturated rings. The topological polar surface area (TPSA) is 74.7 Å². The number of phenols is 1. The van der Waals surface area contributed by atoms with E-state index >= 15 is 0 Å². The summed E-state index contributed by atoms with van der Waals surface area (Å²) in [7, 11) is -3.12. The highest BCUT2D eigenvalue weighted by atomic mass is 32.2. The van der Waals surface area contributed by atoms with Gasteiger partial charge in [0.25, 0.3) is 5.91 Å². The average molecular weight is 297 g/mol. The lowest BCUT2D eigenvalue weighted by atomic mass is 10.1. The molecule has 1 aliphatic rings. The fourth-order valence-corrected chi connectivity index (χ4v) is 3.60. The highest BCUT2D eigenvalue weighted by molar-refractivity contribution is 7.92.